The third-order valence-corrected chi connectivity index (χ3v) is 5.84. The van der Waals surface area contributed by atoms with E-state index in [1.165, 1.54) is 11.6 Å². The van der Waals surface area contributed by atoms with Crippen LogP contribution in [0.3, 0.4) is 0 Å². The highest BCUT2D eigenvalue weighted by molar-refractivity contribution is 7.11. The summed E-state index contributed by atoms with van der Waals surface area (Å²) in [7, 11) is 0. The van der Waals surface area contributed by atoms with Crippen molar-refractivity contribution in [1.82, 2.24) is 4.90 Å². The first-order chi connectivity index (χ1) is 14.7. The fourth-order valence-corrected chi connectivity index (χ4v) is 4.24. The molecule has 1 fully saturated rings. The predicted molar refractivity (Wildman–Crippen MR) is 120 cm³/mol. The SMILES string of the molecule is O=[N+]([O-])c1cccc(/C=C2\CCC(/C=N\N=C/c3cccs3)=C2N2CCOCC2)c1. The van der Waals surface area contributed by atoms with Crippen LogP contribution in [0.25, 0.3) is 6.08 Å². The quantitative estimate of drug-likeness (QED) is 0.389. The average Bonchev–Trinajstić information content (AvgIpc) is 3.42. The van der Waals surface area contributed by atoms with Crippen LogP contribution in [0.2, 0.25) is 0 Å². The fourth-order valence-electron chi connectivity index (χ4n) is 3.66. The van der Waals surface area contributed by atoms with Gasteiger partial charge in [0.25, 0.3) is 5.69 Å². The van der Waals surface area contributed by atoms with Crippen molar-refractivity contribution in [3.63, 3.8) is 0 Å². The number of allylic oxidation sites excluding steroid dienone is 2. The van der Waals surface area contributed by atoms with Gasteiger partial charge in [0, 0.05) is 35.8 Å². The third kappa shape index (κ3) is 4.90. The highest BCUT2D eigenvalue weighted by Crippen LogP contribution is 2.35. The molecule has 1 aromatic carbocycles. The summed E-state index contributed by atoms with van der Waals surface area (Å²) in [4.78, 5) is 14.1. The van der Waals surface area contributed by atoms with Crippen molar-refractivity contribution in [2.24, 2.45) is 10.2 Å². The van der Waals surface area contributed by atoms with E-state index in [0.717, 1.165) is 47.6 Å². The van der Waals surface area contributed by atoms with Gasteiger partial charge in [0.1, 0.15) is 0 Å². The molecule has 2 aromatic rings. The Morgan fingerprint density at radius 2 is 1.93 bits per heavy atom. The monoisotopic (exact) mass is 422 g/mol. The van der Waals surface area contributed by atoms with Gasteiger partial charge in [-0.25, -0.2) is 0 Å². The van der Waals surface area contributed by atoms with Crippen molar-refractivity contribution in [3.8, 4) is 0 Å². The molecule has 1 aliphatic carbocycles. The van der Waals surface area contributed by atoms with Gasteiger partial charge in [-0.05, 0) is 47.1 Å². The van der Waals surface area contributed by atoms with E-state index in [1.54, 1.807) is 29.7 Å². The maximum Gasteiger partial charge on any atom is 0.270 e. The summed E-state index contributed by atoms with van der Waals surface area (Å²) in [5.74, 6) is 0. The Morgan fingerprint density at radius 3 is 2.70 bits per heavy atom. The third-order valence-electron chi connectivity index (χ3n) is 5.03. The van der Waals surface area contributed by atoms with Crippen LogP contribution in [0.4, 0.5) is 5.69 Å². The van der Waals surface area contributed by atoms with Gasteiger partial charge in [0.05, 0.1) is 30.6 Å². The van der Waals surface area contributed by atoms with Crippen molar-refractivity contribution in [2.45, 2.75) is 12.8 Å². The van der Waals surface area contributed by atoms with E-state index < -0.39 is 0 Å². The fraction of sp³-hybridized carbons (Fsp3) is 0.273. The number of thiophene rings is 1. The lowest BCUT2D eigenvalue weighted by molar-refractivity contribution is -0.384. The lowest BCUT2D eigenvalue weighted by Crippen LogP contribution is -2.36. The molecule has 2 heterocycles. The maximum absolute atomic E-state index is 11.1. The number of benzene rings is 1. The molecular formula is C22H22N4O3S. The minimum atomic E-state index is -0.362. The molecular weight excluding hydrogens is 400 g/mol. The van der Waals surface area contributed by atoms with Gasteiger partial charge in [0.15, 0.2) is 0 Å². The first-order valence-electron chi connectivity index (χ1n) is 9.82. The normalized spacial score (nSPS) is 18.9. The minimum Gasteiger partial charge on any atom is -0.378 e. The predicted octanol–water partition coefficient (Wildman–Crippen LogP) is 4.52. The molecule has 0 bridgehead atoms. The summed E-state index contributed by atoms with van der Waals surface area (Å²) in [5, 5.41) is 21.6. The van der Waals surface area contributed by atoms with Gasteiger partial charge in [-0.1, -0.05) is 18.2 Å². The molecule has 0 spiro atoms. The van der Waals surface area contributed by atoms with Gasteiger partial charge in [0.2, 0.25) is 0 Å². The Morgan fingerprint density at radius 1 is 1.10 bits per heavy atom. The van der Waals surface area contributed by atoms with Crippen LogP contribution in [0.15, 0.2) is 68.8 Å². The highest BCUT2D eigenvalue weighted by Gasteiger charge is 2.25. The van der Waals surface area contributed by atoms with Crippen LogP contribution in [0.5, 0.6) is 0 Å². The molecule has 0 radical (unpaired) electrons. The summed E-state index contributed by atoms with van der Waals surface area (Å²) in [5.41, 5.74) is 4.39. The summed E-state index contributed by atoms with van der Waals surface area (Å²) >= 11 is 1.62. The van der Waals surface area contributed by atoms with Crippen LogP contribution in [-0.2, 0) is 4.74 Å². The van der Waals surface area contributed by atoms with Gasteiger partial charge in [-0.2, -0.15) is 10.2 Å². The molecule has 30 heavy (non-hydrogen) atoms. The number of hydrogen-bond donors (Lipinski definition) is 0. The van der Waals surface area contributed by atoms with E-state index in [-0.39, 0.29) is 10.6 Å². The Balaban J connectivity index is 1.62. The number of ether oxygens (including phenoxy) is 1. The van der Waals surface area contributed by atoms with Gasteiger partial charge >= 0.3 is 0 Å². The van der Waals surface area contributed by atoms with Gasteiger partial charge in [-0.3, -0.25) is 10.1 Å². The van der Waals surface area contributed by atoms with Crippen molar-refractivity contribution in [1.29, 1.82) is 0 Å². The van der Waals surface area contributed by atoms with Crippen LogP contribution >= 0.6 is 11.3 Å². The molecule has 0 N–H and O–H groups in total. The molecule has 1 aliphatic heterocycles. The molecule has 0 unspecified atom stereocenters. The van der Waals surface area contributed by atoms with Crippen LogP contribution in [-0.4, -0.2) is 48.6 Å². The number of non-ortho nitro benzene ring substituents is 1. The molecule has 0 atom stereocenters. The number of nitro groups is 1. The van der Waals surface area contributed by atoms with E-state index in [1.807, 2.05) is 35.9 Å². The second kappa shape index (κ2) is 9.60. The summed E-state index contributed by atoms with van der Waals surface area (Å²) < 4.78 is 5.52. The first kappa shape index (κ1) is 20.2. The number of nitro benzene ring substituents is 1. The van der Waals surface area contributed by atoms with E-state index in [4.69, 9.17) is 4.74 Å². The number of hydrogen-bond acceptors (Lipinski definition) is 7. The lowest BCUT2D eigenvalue weighted by atomic mass is 10.1. The van der Waals surface area contributed by atoms with E-state index in [0.29, 0.717) is 13.2 Å². The van der Waals surface area contributed by atoms with Crippen LogP contribution in [0.1, 0.15) is 23.3 Å². The first-order valence-corrected chi connectivity index (χ1v) is 10.7. The summed E-state index contributed by atoms with van der Waals surface area (Å²) in [6.45, 7) is 3.01. The average molecular weight is 423 g/mol. The van der Waals surface area contributed by atoms with Gasteiger partial charge < -0.3 is 9.64 Å². The summed E-state index contributed by atoms with van der Waals surface area (Å²) in [6.07, 6.45) is 7.37. The molecule has 0 amide bonds. The molecule has 4 rings (SSSR count). The number of nitrogens with zero attached hydrogens (tertiary/aromatic N) is 4. The maximum atomic E-state index is 11.1. The topological polar surface area (TPSA) is 80.3 Å². The Bertz CT molecular complexity index is 1020. The van der Waals surface area contributed by atoms with Gasteiger partial charge in [-0.15, -0.1) is 11.3 Å². The number of rotatable bonds is 6. The van der Waals surface area contributed by atoms with Crippen LogP contribution < -0.4 is 0 Å². The molecule has 1 aromatic heterocycles. The zero-order valence-corrected chi connectivity index (χ0v) is 17.3. The zero-order valence-electron chi connectivity index (χ0n) is 16.4. The molecule has 1 saturated heterocycles. The Hall–Kier alpha value is -3.10. The van der Waals surface area contributed by atoms with E-state index in [2.05, 4.69) is 15.1 Å². The molecule has 154 valence electrons. The van der Waals surface area contributed by atoms with Crippen molar-refractivity contribution in [3.05, 3.63) is 79.2 Å². The van der Waals surface area contributed by atoms with E-state index >= 15 is 0 Å². The second-order valence-electron chi connectivity index (χ2n) is 7.00. The molecule has 7 nitrogen and oxygen atoms in total. The van der Waals surface area contributed by atoms with Crippen LogP contribution in [0, 0.1) is 10.1 Å². The largest absolute Gasteiger partial charge is 0.378 e. The van der Waals surface area contributed by atoms with Crippen molar-refractivity contribution < 1.29 is 9.66 Å². The van der Waals surface area contributed by atoms with Crippen molar-refractivity contribution >= 4 is 35.5 Å². The smallest absolute Gasteiger partial charge is 0.270 e. The zero-order chi connectivity index (χ0) is 20.8. The standard InChI is InChI=1S/C22H22N4O3S/c27-26(28)20-4-1-3-17(14-20)13-18-6-7-19(22(18)25-8-10-29-11-9-25)15-23-24-16-21-5-2-12-30-21/h1-5,12-16H,6-11H2/b18-13+,23-15-,24-16-. The summed E-state index contributed by atoms with van der Waals surface area (Å²) in [6, 6.07) is 10.7. The highest BCUT2D eigenvalue weighted by atomic mass is 32.1. The number of morpholine rings is 1. The minimum absolute atomic E-state index is 0.101. The lowest BCUT2D eigenvalue weighted by Gasteiger charge is -2.31. The molecule has 8 heteroatoms. The molecule has 0 saturated carbocycles. The second-order valence-corrected chi connectivity index (χ2v) is 7.98. The van der Waals surface area contributed by atoms with Crippen molar-refractivity contribution in [2.75, 3.05) is 26.3 Å². The van der Waals surface area contributed by atoms with E-state index in [9.17, 15) is 10.1 Å². The Kier molecular flexibility index (Phi) is 6.46. The Labute approximate surface area is 178 Å². The molecule has 2 aliphatic rings.